The van der Waals surface area contributed by atoms with Crippen molar-refractivity contribution in [3.8, 4) is 0 Å². The molecule has 2 N–H and O–H groups in total. The van der Waals surface area contributed by atoms with Crippen LogP contribution in [0.3, 0.4) is 0 Å². The van der Waals surface area contributed by atoms with Gasteiger partial charge >= 0.3 is 5.97 Å². The van der Waals surface area contributed by atoms with Crippen molar-refractivity contribution in [2.24, 2.45) is 5.92 Å². The van der Waals surface area contributed by atoms with Crippen LogP contribution in [0, 0.1) is 5.92 Å². The summed E-state index contributed by atoms with van der Waals surface area (Å²) in [6.07, 6.45) is 1.82. The number of piperidine rings is 1. The molecule has 1 saturated heterocycles. The fraction of sp³-hybridized carbons (Fsp3) is 0.833. The van der Waals surface area contributed by atoms with Crippen LogP contribution in [0.2, 0.25) is 0 Å². The quantitative estimate of drug-likeness (QED) is 0.761. The molecule has 1 amide bonds. The van der Waals surface area contributed by atoms with Gasteiger partial charge in [0.05, 0.1) is 5.92 Å². The molecular formula is C12H22N2O3. The lowest BCUT2D eigenvalue weighted by Crippen LogP contribution is -2.56. The third-order valence-corrected chi connectivity index (χ3v) is 3.43. The van der Waals surface area contributed by atoms with Gasteiger partial charge in [0.15, 0.2) is 0 Å². The lowest BCUT2D eigenvalue weighted by molar-refractivity contribution is -0.158. The number of carbonyl (C=O) groups excluding carboxylic acids is 1. The third kappa shape index (κ3) is 2.97. The summed E-state index contributed by atoms with van der Waals surface area (Å²) >= 11 is 0. The number of likely N-dealkylation sites (N-methyl/N-ethyl adjacent to an activating group) is 1. The highest BCUT2D eigenvalue weighted by Crippen LogP contribution is 2.21. The topological polar surface area (TPSA) is 69.6 Å². The van der Waals surface area contributed by atoms with E-state index in [0.29, 0.717) is 13.1 Å². The van der Waals surface area contributed by atoms with Crippen molar-refractivity contribution in [1.82, 2.24) is 10.2 Å². The van der Waals surface area contributed by atoms with Crippen LogP contribution in [0.25, 0.3) is 0 Å². The van der Waals surface area contributed by atoms with E-state index >= 15 is 0 Å². The Morgan fingerprint density at radius 2 is 2.12 bits per heavy atom. The molecule has 0 spiro atoms. The maximum Gasteiger partial charge on any atom is 0.329 e. The van der Waals surface area contributed by atoms with E-state index in [1.807, 2.05) is 6.92 Å². The molecule has 1 fully saturated rings. The number of carboxylic acid groups (broad SMARTS) is 1. The van der Waals surface area contributed by atoms with Gasteiger partial charge in [-0.3, -0.25) is 4.79 Å². The van der Waals surface area contributed by atoms with E-state index < -0.39 is 11.5 Å². The predicted octanol–water partition coefficient (Wildman–Crippen LogP) is 0.698. The van der Waals surface area contributed by atoms with Crippen molar-refractivity contribution in [3.63, 3.8) is 0 Å². The Kier molecular flexibility index (Phi) is 4.51. The van der Waals surface area contributed by atoms with Gasteiger partial charge in [0, 0.05) is 13.1 Å². The van der Waals surface area contributed by atoms with Crippen LogP contribution in [-0.4, -0.2) is 47.1 Å². The number of carboxylic acids is 1. The molecule has 5 heteroatoms. The van der Waals surface area contributed by atoms with Gasteiger partial charge in [0.1, 0.15) is 5.54 Å². The van der Waals surface area contributed by atoms with Gasteiger partial charge in [-0.15, -0.1) is 0 Å². The van der Waals surface area contributed by atoms with Crippen LogP contribution in [0.5, 0.6) is 0 Å². The third-order valence-electron chi connectivity index (χ3n) is 3.43. The number of carbonyl (C=O) groups is 2. The summed E-state index contributed by atoms with van der Waals surface area (Å²) in [5.41, 5.74) is -1.14. The van der Waals surface area contributed by atoms with Crippen LogP contribution in [-0.2, 0) is 9.59 Å². The molecule has 1 rings (SSSR count). The van der Waals surface area contributed by atoms with Crippen molar-refractivity contribution in [2.45, 2.75) is 39.2 Å². The summed E-state index contributed by atoms with van der Waals surface area (Å²) in [7, 11) is 0. The Morgan fingerprint density at radius 3 is 2.53 bits per heavy atom. The SMILES string of the molecule is CCN(C(=O)[C@H]1CCCNC1)C(C)(C)C(=O)O. The second-order valence-corrected chi connectivity index (χ2v) is 4.99. The number of rotatable bonds is 4. The van der Waals surface area contributed by atoms with Gasteiger partial charge in [-0.1, -0.05) is 0 Å². The first kappa shape index (κ1) is 14.0. The normalized spacial score (nSPS) is 21.0. The Balaban J connectivity index is 2.79. The molecule has 0 aliphatic carbocycles. The Hall–Kier alpha value is -1.10. The molecule has 1 aliphatic heterocycles. The number of hydrogen-bond acceptors (Lipinski definition) is 3. The van der Waals surface area contributed by atoms with E-state index in [0.717, 1.165) is 19.4 Å². The number of nitrogens with zero attached hydrogens (tertiary/aromatic N) is 1. The zero-order valence-electron chi connectivity index (χ0n) is 10.8. The summed E-state index contributed by atoms with van der Waals surface area (Å²) in [4.78, 5) is 25.0. The minimum atomic E-state index is -1.14. The highest BCUT2D eigenvalue weighted by Gasteiger charge is 2.39. The molecule has 98 valence electrons. The Morgan fingerprint density at radius 1 is 1.47 bits per heavy atom. The molecule has 0 unspecified atom stereocenters. The van der Waals surface area contributed by atoms with Crippen LogP contribution >= 0.6 is 0 Å². The molecule has 17 heavy (non-hydrogen) atoms. The van der Waals surface area contributed by atoms with Crippen molar-refractivity contribution in [3.05, 3.63) is 0 Å². The molecule has 1 aliphatic rings. The van der Waals surface area contributed by atoms with Crippen molar-refractivity contribution >= 4 is 11.9 Å². The van der Waals surface area contributed by atoms with Gasteiger partial charge < -0.3 is 15.3 Å². The second-order valence-electron chi connectivity index (χ2n) is 4.99. The zero-order chi connectivity index (χ0) is 13.1. The number of aliphatic carboxylic acids is 1. The number of hydrogen-bond donors (Lipinski definition) is 2. The molecule has 0 aromatic rings. The fourth-order valence-electron chi connectivity index (χ4n) is 2.23. The van der Waals surface area contributed by atoms with Crippen LogP contribution in [0.15, 0.2) is 0 Å². The molecule has 0 aromatic carbocycles. The standard InChI is InChI=1S/C12H22N2O3/c1-4-14(12(2,3)11(16)17)10(15)9-6-5-7-13-8-9/h9,13H,4-8H2,1-3H3,(H,16,17)/t9-/m0/s1. The van der Waals surface area contributed by atoms with Crippen LogP contribution in [0.1, 0.15) is 33.6 Å². The van der Waals surface area contributed by atoms with Gasteiger partial charge in [-0.05, 0) is 40.2 Å². The highest BCUT2D eigenvalue weighted by atomic mass is 16.4. The van der Waals surface area contributed by atoms with E-state index in [9.17, 15) is 14.7 Å². The Bertz CT molecular complexity index is 296. The molecule has 0 radical (unpaired) electrons. The smallest absolute Gasteiger partial charge is 0.329 e. The predicted molar refractivity (Wildman–Crippen MR) is 64.7 cm³/mol. The van der Waals surface area contributed by atoms with Crippen molar-refractivity contribution in [2.75, 3.05) is 19.6 Å². The zero-order valence-corrected chi connectivity index (χ0v) is 10.8. The largest absolute Gasteiger partial charge is 0.480 e. The van der Waals surface area contributed by atoms with Gasteiger partial charge in [-0.2, -0.15) is 0 Å². The van der Waals surface area contributed by atoms with Gasteiger partial charge in [0.2, 0.25) is 5.91 Å². The van der Waals surface area contributed by atoms with Gasteiger partial charge in [0.25, 0.3) is 0 Å². The van der Waals surface area contributed by atoms with Crippen LogP contribution < -0.4 is 5.32 Å². The minimum absolute atomic E-state index is 0.0490. The van der Waals surface area contributed by atoms with Crippen molar-refractivity contribution < 1.29 is 14.7 Å². The number of amides is 1. The molecule has 1 atom stereocenters. The molecular weight excluding hydrogens is 220 g/mol. The molecule has 1 heterocycles. The van der Waals surface area contributed by atoms with Crippen molar-refractivity contribution in [1.29, 1.82) is 0 Å². The summed E-state index contributed by atoms with van der Waals surface area (Å²) < 4.78 is 0. The van der Waals surface area contributed by atoms with E-state index in [1.165, 1.54) is 4.90 Å². The highest BCUT2D eigenvalue weighted by molar-refractivity contribution is 5.87. The van der Waals surface area contributed by atoms with E-state index in [-0.39, 0.29) is 11.8 Å². The maximum absolute atomic E-state index is 12.3. The summed E-state index contributed by atoms with van der Waals surface area (Å²) in [5.74, 6) is -1.09. The second kappa shape index (κ2) is 5.49. The molecule has 0 saturated carbocycles. The Labute approximate surface area is 102 Å². The first-order chi connectivity index (χ1) is 7.91. The maximum atomic E-state index is 12.3. The summed E-state index contributed by atoms with van der Waals surface area (Å²) in [5, 5.41) is 12.4. The molecule has 5 nitrogen and oxygen atoms in total. The molecule has 0 bridgehead atoms. The van der Waals surface area contributed by atoms with E-state index in [4.69, 9.17) is 0 Å². The summed E-state index contributed by atoms with van der Waals surface area (Å²) in [6, 6.07) is 0. The molecule has 0 aromatic heterocycles. The first-order valence-electron chi connectivity index (χ1n) is 6.16. The van der Waals surface area contributed by atoms with Crippen LogP contribution in [0.4, 0.5) is 0 Å². The van der Waals surface area contributed by atoms with Gasteiger partial charge in [-0.25, -0.2) is 4.79 Å². The first-order valence-corrected chi connectivity index (χ1v) is 6.16. The average Bonchev–Trinajstić information content (AvgIpc) is 2.30. The number of nitrogens with one attached hydrogen (secondary N) is 1. The van der Waals surface area contributed by atoms with E-state index in [1.54, 1.807) is 13.8 Å². The lowest BCUT2D eigenvalue weighted by Gasteiger charge is -2.37. The average molecular weight is 242 g/mol. The fourth-order valence-corrected chi connectivity index (χ4v) is 2.23. The monoisotopic (exact) mass is 242 g/mol. The van der Waals surface area contributed by atoms with E-state index in [2.05, 4.69) is 5.32 Å². The summed E-state index contributed by atoms with van der Waals surface area (Å²) in [6.45, 7) is 7.00. The minimum Gasteiger partial charge on any atom is -0.480 e. The lowest BCUT2D eigenvalue weighted by atomic mass is 9.94.